The summed E-state index contributed by atoms with van der Waals surface area (Å²) < 4.78 is 12.1. The van der Waals surface area contributed by atoms with E-state index in [0.29, 0.717) is 6.42 Å². The summed E-state index contributed by atoms with van der Waals surface area (Å²) in [5.74, 6) is -0.551. The van der Waals surface area contributed by atoms with Gasteiger partial charge in [-0.25, -0.2) is 4.39 Å². The molecule has 1 rings (SSSR count). The zero-order valence-corrected chi connectivity index (χ0v) is 9.86. The van der Waals surface area contributed by atoms with Crippen molar-refractivity contribution in [3.63, 3.8) is 0 Å². The molecular weight excluding hydrogens is 217 g/mol. The second-order valence-electron chi connectivity index (χ2n) is 3.95. The molecule has 1 amide bonds. The molecule has 0 saturated heterocycles. The first-order chi connectivity index (χ1) is 8.26. The summed E-state index contributed by atoms with van der Waals surface area (Å²) in [7, 11) is 0. The zero-order valence-electron chi connectivity index (χ0n) is 9.86. The molecule has 0 bridgehead atoms. The van der Waals surface area contributed by atoms with E-state index >= 15 is 0 Å². The predicted molar refractivity (Wildman–Crippen MR) is 67.5 cm³/mol. The lowest BCUT2D eigenvalue weighted by Gasteiger charge is -2.16. The Hall–Kier alpha value is -1.64. The summed E-state index contributed by atoms with van der Waals surface area (Å²) in [6.07, 6.45) is 4.07. The monoisotopic (exact) mass is 235 g/mol. The summed E-state index contributed by atoms with van der Waals surface area (Å²) in [6.45, 7) is 2.68. The smallest absolute Gasteiger partial charge is 0.251 e. The minimum absolute atomic E-state index is 0.0315. The van der Waals surface area contributed by atoms with Crippen molar-refractivity contribution in [3.05, 3.63) is 48.6 Å². The van der Waals surface area contributed by atoms with Crippen LogP contribution in [0.4, 0.5) is 4.39 Å². The summed E-state index contributed by atoms with van der Waals surface area (Å²) in [6, 6.07) is 9.99. The number of hydrogen-bond acceptors (Lipinski definition) is 1. The number of alkyl halides is 1. The minimum atomic E-state index is -0.959. The molecule has 92 valence electrons. The Bertz CT molecular complexity index is 350. The number of carbonyl (C=O) groups excluding carboxylic acids is 1. The lowest BCUT2D eigenvalue weighted by atomic mass is 10.0. The van der Waals surface area contributed by atoms with Gasteiger partial charge in [0.2, 0.25) is 0 Å². The number of hydrogen-bond donors (Lipinski definition) is 1. The molecule has 0 fully saturated rings. The van der Waals surface area contributed by atoms with E-state index in [4.69, 9.17) is 0 Å². The quantitative estimate of drug-likeness (QED) is 0.723. The van der Waals surface area contributed by atoms with E-state index in [2.05, 4.69) is 11.9 Å². The molecule has 0 aliphatic heterocycles. The van der Waals surface area contributed by atoms with Crippen LogP contribution in [0.5, 0.6) is 0 Å². The largest absolute Gasteiger partial charge is 0.351 e. The van der Waals surface area contributed by atoms with Crippen LogP contribution in [-0.2, 0) is 11.2 Å². The first-order valence-corrected chi connectivity index (χ1v) is 5.76. The van der Waals surface area contributed by atoms with Crippen molar-refractivity contribution < 1.29 is 9.18 Å². The van der Waals surface area contributed by atoms with Gasteiger partial charge < -0.3 is 5.32 Å². The third-order valence-corrected chi connectivity index (χ3v) is 2.56. The van der Waals surface area contributed by atoms with Crippen molar-refractivity contribution in [3.8, 4) is 0 Å². The first-order valence-electron chi connectivity index (χ1n) is 5.76. The van der Waals surface area contributed by atoms with Crippen LogP contribution in [-0.4, -0.2) is 18.6 Å². The highest BCUT2D eigenvalue weighted by Crippen LogP contribution is 2.07. The molecule has 1 unspecified atom stereocenters. The SMILES string of the molecule is C=CCC(CCc1ccccc1)NC(=O)CF. The van der Waals surface area contributed by atoms with Gasteiger partial charge in [-0.1, -0.05) is 36.4 Å². The van der Waals surface area contributed by atoms with Crippen LogP contribution in [0.1, 0.15) is 18.4 Å². The maximum absolute atomic E-state index is 12.1. The molecule has 1 atom stereocenters. The number of aryl methyl sites for hydroxylation is 1. The number of amides is 1. The zero-order chi connectivity index (χ0) is 12.5. The number of rotatable bonds is 7. The van der Waals surface area contributed by atoms with Gasteiger partial charge in [0.1, 0.15) is 0 Å². The van der Waals surface area contributed by atoms with Crippen LogP contribution in [0.25, 0.3) is 0 Å². The van der Waals surface area contributed by atoms with E-state index in [9.17, 15) is 9.18 Å². The fourth-order valence-electron chi connectivity index (χ4n) is 1.70. The van der Waals surface area contributed by atoms with Crippen molar-refractivity contribution >= 4 is 5.91 Å². The lowest BCUT2D eigenvalue weighted by molar-refractivity contribution is -0.122. The molecule has 1 aromatic rings. The molecule has 0 saturated carbocycles. The summed E-state index contributed by atoms with van der Waals surface area (Å²) in [4.78, 5) is 11.0. The molecule has 0 spiro atoms. The molecule has 0 aromatic heterocycles. The standard InChI is InChI=1S/C14H18FNO/c1-2-6-13(16-14(17)11-15)10-9-12-7-4-3-5-8-12/h2-5,7-8,13H,1,6,9-11H2,(H,16,17). The lowest BCUT2D eigenvalue weighted by Crippen LogP contribution is -2.35. The summed E-state index contributed by atoms with van der Waals surface area (Å²) in [5.41, 5.74) is 1.22. The van der Waals surface area contributed by atoms with Crippen molar-refractivity contribution in [2.45, 2.75) is 25.3 Å². The average Bonchev–Trinajstić information content (AvgIpc) is 2.37. The van der Waals surface area contributed by atoms with Gasteiger partial charge in [-0.15, -0.1) is 6.58 Å². The van der Waals surface area contributed by atoms with E-state index in [1.807, 2.05) is 30.3 Å². The number of benzene rings is 1. The van der Waals surface area contributed by atoms with Gasteiger partial charge in [0.05, 0.1) is 0 Å². The van der Waals surface area contributed by atoms with E-state index in [1.165, 1.54) is 5.56 Å². The van der Waals surface area contributed by atoms with Crippen molar-refractivity contribution in [2.24, 2.45) is 0 Å². The molecular formula is C14H18FNO. The maximum atomic E-state index is 12.1. The van der Waals surface area contributed by atoms with Gasteiger partial charge in [-0.2, -0.15) is 0 Å². The van der Waals surface area contributed by atoms with E-state index in [1.54, 1.807) is 6.08 Å². The fraction of sp³-hybridized carbons (Fsp3) is 0.357. The number of halogens is 1. The highest BCUT2D eigenvalue weighted by atomic mass is 19.1. The Kier molecular flexibility index (Phi) is 6.00. The molecule has 17 heavy (non-hydrogen) atoms. The van der Waals surface area contributed by atoms with Crippen LogP contribution in [0.2, 0.25) is 0 Å². The Morgan fingerprint density at radius 3 is 2.71 bits per heavy atom. The van der Waals surface area contributed by atoms with Crippen LogP contribution in [0, 0.1) is 0 Å². The topological polar surface area (TPSA) is 29.1 Å². The number of carbonyl (C=O) groups is 1. The van der Waals surface area contributed by atoms with Crippen molar-refractivity contribution in [1.82, 2.24) is 5.32 Å². The van der Waals surface area contributed by atoms with E-state index in [-0.39, 0.29) is 6.04 Å². The van der Waals surface area contributed by atoms with Gasteiger partial charge >= 0.3 is 0 Å². The molecule has 0 heterocycles. The van der Waals surface area contributed by atoms with Gasteiger partial charge in [0.25, 0.3) is 5.91 Å². The van der Waals surface area contributed by atoms with Gasteiger partial charge in [-0.05, 0) is 24.8 Å². The van der Waals surface area contributed by atoms with E-state index in [0.717, 1.165) is 12.8 Å². The summed E-state index contributed by atoms with van der Waals surface area (Å²) in [5, 5.41) is 2.65. The fourth-order valence-corrected chi connectivity index (χ4v) is 1.70. The van der Waals surface area contributed by atoms with Crippen LogP contribution >= 0.6 is 0 Å². The molecule has 1 N–H and O–H groups in total. The third kappa shape index (κ3) is 5.29. The summed E-state index contributed by atoms with van der Waals surface area (Å²) >= 11 is 0. The first kappa shape index (κ1) is 13.4. The molecule has 0 radical (unpaired) electrons. The normalized spacial score (nSPS) is 11.8. The van der Waals surface area contributed by atoms with Gasteiger partial charge in [0, 0.05) is 6.04 Å². The highest BCUT2D eigenvalue weighted by molar-refractivity contribution is 5.77. The van der Waals surface area contributed by atoms with Crippen LogP contribution < -0.4 is 5.32 Å². The second kappa shape index (κ2) is 7.60. The van der Waals surface area contributed by atoms with Crippen molar-refractivity contribution in [1.29, 1.82) is 0 Å². The Balaban J connectivity index is 2.44. The molecule has 3 heteroatoms. The Labute approximate surface area is 102 Å². The second-order valence-corrected chi connectivity index (χ2v) is 3.95. The van der Waals surface area contributed by atoms with E-state index < -0.39 is 12.6 Å². The molecule has 2 nitrogen and oxygen atoms in total. The van der Waals surface area contributed by atoms with Crippen LogP contribution in [0.15, 0.2) is 43.0 Å². The Morgan fingerprint density at radius 1 is 1.41 bits per heavy atom. The molecule has 0 aliphatic rings. The number of nitrogens with one attached hydrogen (secondary N) is 1. The Morgan fingerprint density at radius 2 is 2.12 bits per heavy atom. The van der Waals surface area contributed by atoms with Gasteiger partial charge in [0.15, 0.2) is 6.67 Å². The predicted octanol–water partition coefficient (Wildman–Crippen LogP) is 2.65. The van der Waals surface area contributed by atoms with Crippen LogP contribution in [0.3, 0.4) is 0 Å². The van der Waals surface area contributed by atoms with Crippen molar-refractivity contribution in [2.75, 3.05) is 6.67 Å². The molecule has 0 aliphatic carbocycles. The minimum Gasteiger partial charge on any atom is -0.351 e. The maximum Gasteiger partial charge on any atom is 0.251 e. The molecule has 1 aromatic carbocycles. The highest BCUT2D eigenvalue weighted by Gasteiger charge is 2.10. The third-order valence-electron chi connectivity index (χ3n) is 2.56. The average molecular weight is 235 g/mol. The van der Waals surface area contributed by atoms with Gasteiger partial charge in [-0.3, -0.25) is 4.79 Å².